The topological polar surface area (TPSA) is 52.6 Å². The Morgan fingerprint density at radius 1 is 1.00 bits per heavy atom. The Morgan fingerprint density at radius 2 is 1.72 bits per heavy atom. The number of alkyl halides is 1. The van der Waals surface area contributed by atoms with Crippen LogP contribution in [0.15, 0.2) is 0 Å². The van der Waals surface area contributed by atoms with Gasteiger partial charge >= 0.3 is 11.9 Å². The summed E-state index contributed by atoms with van der Waals surface area (Å²) in [7, 11) is 1.48. The van der Waals surface area contributed by atoms with E-state index in [0.29, 0.717) is 47.3 Å². The minimum Gasteiger partial charge on any atom is -0.469 e. The van der Waals surface area contributed by atoms with E-state index in [1.54, 1.807) is 6.92 Å². The lowest BCUT2D eigenvalue weighted by molar-refractivity contribution is -0.185. The molecule has 0 aromatic heterocycles. The smallest absolute Gasteiger partial charge is 0.305 e. The lowest BCUT2D eigenvalue weighted by atomic mass is 9.43. The average molecular weight is 512 g/mol. The number of halogens is 1. The summed E-state index contributed by atoms with van der Waals surface area (Å²) in [5.41, 5.74) is 0.614. The van der Waals surface area contributed by atoms with Crippen molar-refractivity contribution < 1.29 is 19.1 Å². The highest BCUT2D eigenvalue weighted by Crippen LogP contribution is 2.69. The van der Waals surface area contributed by atoms with Gasteiger partial charge in [-0.1, -0.05) is 49.5 Å². The van der Waals surface area contributed by atoms with Crippen molar-refractivity contribution in [2.45, 2.75) is 103 Å². The summed E-state index contributed by atoms with van der Waals surface area (Å²) in [5.74, 6) is 3.19. The summed E-state index contributed by atoms with van der Waals surface area (Å²) >= 11 is 4.10. The van der Waals surface area contributed by atoms with Crippen LogP contribution < -0.4 is 0 Å². The molecule has 4 aliphatic carbocycles. The fraction of sp³-hybridized carbons (Fsp3) is 0.926. The molecule has 4 fully saturated rings. The van der Waals surface area contributed by atoms with E-state index in [1.165, 1.54) is 58.5 Å². The molecular formula is C27H43BrO4. The van der Waals surface area contributed by atoms with Gasteiger partial charge in [-0.15, -0.1) is 0 Å². The Balaban J connectivity index is 1.63. The van der Waals surface area contributed by atoms with E-state index in [4.69, 9.17) is 9.47 Å². The lowest BCUT2D eigenvalue weighted by Gasteiger charge is -2.63. The number of methoxy groups -OCH3 is 1. The van der Waals surface area contributed by atoms with Crippen LogP contribution in [0.5, 0.6) is 0 Å². The molecule has 32 heavy (non-hydrogen) atoms. The largest absolute Gasteiger partial charge is 0.469 e. The Hall–Kier alpha value is -0.580. The minimum atomic E-state index is -0.133. The van der Waals surface area contributed by atoms with Crippen LogP contribution in [0.2, 0.25) is 0 Å². The third-order valence-electron chi connectivity index (χ3n) is 10.7. The van der Waals surface area contributed by atoms with E-state index < -0.39 is 0 Å². The van der Waals surface area contributed by atoms with Crippen LogP contribution in [0.4, 0.5) is 0 Å². The van der Waals surface area contributed by atoms with Crippen molar-refractivity contribution >= 4 is 27.9 Å². The third-order valence-corrected chi connectivity index (χ3v) is 11.8. The molecule has 0 aromatic rings. The van der Waals surface area contributed by atoms with Gasteiger partial charge in [0, 0.05) is 19.3 Å². The van der Waals surface area contributed by atoms with Gasteiger partial charge in [0.15, 0.2) is 0 Å². The molecule has 0 radical (unpaired) electrons. The first-order valence-electron chi connectivity index (χ1n) is 13.0. The maximum absolute atomic E-state index is 12.2. The number of ether oxygens (including phenoxy) is 2. The molecule has 0 aliphatic heterocycles. The van der Waals surface area contributed by atoms with Crippen molar-refractivity contribution in [3.8, 4) is 0 Å². The number of esters is 2. The molecule has 4 rings (SSSR count). The van der Waals surface area contributed by atoms with Crippen molar-refractivity contribution in [1.29, 1.82) is 0 Å². The first-order chi connectivity index (χ1) is 15.1. The predicted molar refractivity (Wildman–Crippen MR) is 129 cm³/mol. The van der Waals surface area contributed by atoms with Crippen molar-refractivity contribution in [2.24, 2.45) is 46.3 Å². The van der Waals surface area contributed by atoms with Gasteiger partial charge in [-0.25, -0.2) is 0 Å². The van der Waals surface area contributed by atoms with Crippen molar-refractivity contribution in [3.05, 3.63) is 0 Å². The molecule has 0 aromatic carbocycles. The average Bonchev–Trinajstić information content (AvgIpc) is 3.11. The zero-order chi connectivity index (χ0) is 23.3. The van der Waals surface area contributed by atoms with Crippen molar-refractivity contribution in [1.82, 2.24) is 0 Å². The predicted octanol–water partition coefficient (Wildman–Crippen LogP) is 6.54. The first kappa shape index (κ1) is 24.5. The van der Waals surface area contributed by atoms with Crippen LogP contribution >= 0.6 is 15.9 Å². The summed E-state index contributed by atoms with van der Waals surface area (Å²) in [6, 6.07) is 0. The summed E-state index contributed by atoms with van der Waals surface area (Å²) in [6.07, 6.45) is 11.6. The quantitative estimate of drug-likeness (QED) is 0.311. The van der Waals surface area contributed by atoms with Crippen molar-refractivity contribution in [3.63, 3.8) is 0 Å². The molecule has 5 heteroatoms. The van der Waals surface area contributed by atoms with Crippen LogP contribution in [0.25, 0.3) is 0 Å². The van der Waals surface area contributed by atoms with Crippen LogP contribution in [0, 0.1) is 46.3 Å². The molecule has 10 atom stereocenters. The van der Waals surface area contributed by atoms with Gasteiger partial charge in [0.05, 0.1) is 11.9 Å². The molecule has 4 saturated carbocycles. The lowest BCUT2D eigenvalue weighted by Crippen LogP contribution is -2.62. The third kappa shape index (κ3) is 3.96. The standard InChI is InChI=1S/C27H43BrO4/c1-16(9-12-22(30)31-5)18-10-11-19-23-20(13-15-27(18,19)4)26(3)14-7-6-8-21(26)24(28)25(23)32-17(2)29/h16,18-21,23-25H,6-15H2,1-5H3/t16-,18+,19+,20+,21-,23-,24+,25-,26+,27+/m0/s1. The Bertz CT molecular complexity index is 724. The van der Waals surface area contributed by atoms with E-state index in [1.807, 2.05) is 0 Å². The molecule has 0 bridgehead atoms. The number of hydrogen-bond donors (Lipinski definition) is 0. The SMILES string of the molecule is COC(=O)CC[C@H](C)[C@H]1CC[C@@H]2[C@@H]3[C@H](OC(C)=O)[C@H](Br)[C@@H]4CCCC[C@]4(C)[C@@H]3CC[C@@]21C. The van der Waals surface area contributed by atoms with E-state index >= 15 is 0 Å². The van der Waals surface area contributed by atoms with E-state index in [0.717, 1.165) is 6.42 Å². The monoisotopic (exact) mass is 510 g/mol. The van der Waals surface area contributed by atoms with Crippen LogP contribution in [0.1, 0.15) is 91.9 Å². The second kappa shape index (κ2) is 9.23. The highest BCUT2D eigenvalue weighted by molar-refractivity contribution is 9.09. The van der Waals surface area contributed by atoms with Crippen LogP contribution in [0.3, 0.4) is 0 Å². The van der Waals surface area contributed by atoms with Gasteiger partial charge in [-0.05, 0) is 85.4 Å². The Morgan fingerprint density at radius 3 is 2.41 bits per heavy atom. The zero-order valence-corrected chi connectivity index (χ0v) is 22.3. The number of carbonyl (C=O) groups is 2. The maximum atomic E-state index is 12.2. The summed E-state index contributed by atoms with van der Waals surface area (Å²) in [5, 5.41) is 0. The molecule has 182 valence electrons. The second-order valence-corrected chi connectivity index (χ2v) is 13.0. The molecule has 0 saturated heterocycles. The number of carbonyl (C=O) groups excluding carboxylic acids is 2. The summed E-state index contributed by atoms with van der Waals surface area (Å²) in [4.78, 5) is 24.2. The van der Waals surface area contributed by atoms with E-state index in [2.05, 4.69) is 36.7 Å². The van der Waals surface area contributed by atoms with Crippen LogP contribution in [-0.2, 0) is 19.1 Å². The van der Waals surface area contributed by atoms with Crippen LogP contribution in [-0.4, -0.2) is 30.0 Å². The summed E-state index contributed by atoms with van der Waals surface area (Å²) < 4.78 is 11.1. The molecule has 4 aliphatic rings. The van der Waals surface area contributed by atoms with Gasteiger partial charge in [-0.3, -0.25) is 9.59 Å². The zero-order valence-electron chi connectivity index (χ0n) is 20.7. The molecular weight excluding hydrogens is 468 g/mol. The molecule has 0 unspecified atom stereocenters. The highest BCUT2D eigenvalue weighted by atomic mass is 79.9. The van der Waals surface area contributed by atoms with Gasteiger partial charge in [0.2, 0.25) is 0 Å². The van der Waals surface area contributed by atoms with Gasteiger partial charge in [0.1, 0.15) is 6.10 Å². The normalized spacial score (nSPS) is 46.4. The Labute approximate surface area is 203 Å². The number of rotatable bonds is 5. The molecule has 0 amide bonds. The number of hydrogen-bond acceptors (Lipinski definition) is 4. The van der Waals surface area contributed by atoms with Gasteiger partial charge in [-0.2, -0.15) is 0 Å². The molecule has 4 nitrogen and oxygen atoms in total. The van der Waals surface area contributed by atoms with E-state index in [9.17, 15) is 9.59 Å². The fourth-order valence-electron chi connectivity index (χ4n) is 9.19. The fourth-order valence-corrected chi connectivity index (χ4v) is 10.5. The van der Waals surface area contributed by atoms with E-state index in [-0.39, 0.29) is 28.3 Å². The Kier molecular flexibility index (Phi) is 7.08. The maximum Gasteiger partial charge on any atom is 0.305 e. The second-order valence-electron chi connectivity index (χ2n) is 12.0. The van der Waals surface area contributed by atoms with Gasteiger partial charge < -0.3 is 9.47 Å². The molecule has 0 N–H and O–H groups in total. The molecule has 0 spiro atoms. The van der Waals surface area contributed by atoms with Crippen molar-refractivity contribution in [2.75, 3.05) is 7.11 Å². The first-order valence-corrected chi connectivity index (χ1v) is 13.9. The number of fused-ring (bicyclic) bond motifs is 5. The van der Waals surface area contributed by atoms with Gasteiger partial charge in [0.25, 0.3) is 0 Å². The molecule has 0 heterocycles. The minimum absolute atomic E-state index is 0.0116. The summed E-state index contributed by atoms with van der Waals surface area (Å²) in [6.45, 7) is 8.99. The highest BCUT2D eigenvalue weighted by Gasteiger charge is 2.65.